The average molecular weight is 312 g/mol. The van der Waals surface area contributed by atoms with Crippen molar-refractivity contribution < 1.29 is 14.3 Å². The molecular weight excluding hydrogens is 296 g/mol. The van der Waals surface area contributed by atoms with Crippen molar-refractivity contribution in [2.24, 2.45) is 5.92 Å². The van der Waals surface area contributed by atoms with Gasteiger partial charge in [0.1, 0.15) is 12.4 Å². The van der Waals surface area contributed by atoms with E-state index in [-0.39, 0.29) is 17.8 Å². The van der Waals surface area contributed by atoms with Crippen molar-refractivity contribution in [2.45, 2.75) is 32.3 Å². The number of nitrogens with zero attached hydrogens (tertiary/aromatic N) is 4. The SMILES string of the molecule is CC1O[C@@H](n2cnc(C#N)n2)[C@H](OC(=O)c2ccccc2)[C@@H]1C. The summed E-state index contributed by atoms with van der Waals surface area (Å²) in [6.45, 7) is 3.87. The zero-order valence-corrected chi connectivity index (χ0v) is 12.8. The zero-order valence-electron chi connectivity index (χ0n) is 12.8. The lowest BCUT2D eigenvalue weighted by Crippen LogP contribution is -2.30. The maximum Gasteiger partial charge on any atom is 0.338 e. The maximum absolute atomic E-state index is 12.3. The van der Waals surface area contributed by atoms with Crippen LogP contribution in [-0.4, -0.2) is 32.9 Å². The molecule has 7 nitrogen and oxygen atoms in total. The molecule has 0 spiro atoms. The van der Waals surface area contributed by atoms with E-state index in [2.05, 4.69) is 10.1 Å². The molecule has 1 fully saturated rings. The molecule has 118 valence electrons. The first kappa shape index (κ1) is 15.2. The molecule has 0 N–H and O–H groups in total. The lowest BCUT2D eigenvalue weighted by atomic mass is 10.0. The molecule has 0 saturated carbocycles. The molecule has 1 unspecified atom stereocenters. The molecular formula is C16H16N4O3. The van der Waals surface area contributed by atoms with Gasteiger partial charge in [0.05, 0.1) is 11.7 Å². The first-order valence-electron chi connectivity index (χ1n) is 7.33. The molecule has 1 aromatic heterocycles. The maximum atomic E-state index is 12.3. The molecule has 3 rings (SSSR count). The molecule has 1 aliphatic heterocycles. The van der Waals surface area contributed by atoms with Gasteiger partial charge in [-0.15, -0.1) is 5.10 Å². The van der Waals surface area contributed by atoms with Gasteiger partial charge in [0.15, 0.2) is 12.3 Å². The summed E-state index contributed by atoms with van der Waals surface area (Å²) in [7, 11) is 0. The summed E-state index contributed by atoms with van der Waals surface area (Å²) in [6.07, 6.45) is 0.202. The van der Waals surface area contributed by atoms with Gasteiger partial charge in [0.25, 0.3) is 5.82 Å². The van der Waals surface area contributed by atoms with Crippen molar-refractivity contribution in [2.75, 3.05) is 0 Å². The van der Waals surface area contributed by atoms with E-state index in [1.165, 1.54) is 11.0 Å². The summed E-state index contributed by atoms with van der Waals surface area (Å²) in [6, 6.07) is 10.7. The van der Waals surface area contributed by atoms with Crippen molar-refractivity contribution in [3.63, 3.8) is 0 Å². The van der Waals surface area contributed by atoms with Crippen LogP contribution in [0.5, 0.6) is 0 Å². The van der Waals surface area contributed by atoms with Crippen molar-refractivity contribution >= 4 is 5.97 Å². The molecule has 0 amide bonds. The lowest BCUT2D eigenvalue weighted by molar-refractivity contribution is -0.0513. The fourth-order valence-electron chi connectivity index (χ4n) is 2.54. The van der Waals surface area contributed by atoms with Crippen LogP contribution in [0, 0.1) is 17.2 Å². The Labute approximate surface area is 133 Å². The van der Waals surface area contributed by atoms with Crippen LogP contribution in [0.15, 0.2) is 36.7 Å². The number of rotatable bonds is 3. The molecule has 7 heteroatoms. The predicted octanol–water partition coefficient (Wildman–Crippen LogP) is 1.93. The van der Waals surface area contributed by atoms with E-state index >= 15 is 0 Å². The number of esters is 1. The molecule has 23 heavy (non-hydrogen) atoms. The molecule has 4 atom stereocenters. The Kier molecular flexibility index (Phi) is 4.08. The first-order valence-corrected chi connectivity index (χ1v) is 7.33. The Morgan fingerprint density at radius 3 is 2.74 bits per heavy atom. The van der Waals surface area contributed by atoms with Crippen LogP contribution in [0.25, 0.3) is 0 Å². The largest absolute Gasteiger partial charge is 0.453 e. The van der Waals surface area contributed by atoms with Gasteiger partial charge < -0.3 is 9.47 Å². The van der Waals surface area contributed by atoms with Gasteiger partial charge in [-0.05, 0) is 19.1 Å². The van der Waals surface area contributed by atoms with Crippen molar-refractivity contribution in [1.29, 1.82) is 5.26 Å². The van der Waals surface area contributed by atoms with Crippen LogP contribution in [0.2, 0.25) is 0 Å². The molecule has 0 bridgehead atoms. The van der Waals surface area contributed by atoms with E-state index in [4.69, 9.17) is 14.7 Å². The zero-order chi connectivity index (χ0) is 16.4. The average Bonchev–Trinajstić information content (AvgIpc) is 3.15. The predicted molar refractivity (Wildman–Crippen MR) is 79.1 cm³/mol. The number of aromatic nitrogens is 3. The molecule has 1 aromatic carbocycles. The van der Waals surface area contributed by atoms with Gasteiger partial charge in [-0.2, -0.15) is 5.26 Å². The standard InChI is InChI=1S/C16H16N4O3/c1-10-11(2)22-15(20-9-18-13(8-17)19-20)14(10)23-16(21)12-6-4-3-5-7-12/h3-7,9-11,14-15H,1-2H3/t10-,11?,14-,15-/m1/s1. The second-order valence-electron chi connectivity index (χ2n) is 5.49. The molecule has 1 saturated heterocycles. The topological polar surface area (TPSA) is 90.0 Å². The normalized spacial score (nSPS) is 26.7. The third-order valence-corrected chi connectivity index (χ3v) is 4.02. The highest BCUT2D eigenvalue weighted by molar-refractivity contribution is 5.89. The smallest absolute Gasteiger partial charge is 0.338 e. The van der Waals surface area contributed by atoms with Crippen LogP contribution >= 0.6 is 0 Å². The van der Waals surface area contributed by atoms with Crippen LogP contribution < -0.4 is 0 Å². The van der Waals surface area contributed by atoms with Gasteiger partial charge in [0.2, 0.25) is 0 Å². The number of ether oxygens (including phenoxy) is 2. The summed E-state index contributed by atoms with van der Waals surface area (Å²) in [5.41, 5.74) is 0.481. The van der Waals surface area contributed by atoms with E-state index in [1.807, 2.05) is 26.0 Å². The van der Waals surface area contributed by atoms with Gasteiger partial charge >= 0.3 is 5.97 Å². The summed E-state index contributed by atoms with van der Waals surface area (Å²) in [5, 5.41) is 12.9. The number of hydrogen-bond donors (Lipinski definition) is 0. The highest BCUT2D eigenvalue weighted by Gasteiger charge is 2.44. The third-order valence-electron chi connectivity index (χ3n) is 4.02. The Balaban J connectivity index is 1.82. The van der Waals surface area contributed by atoms with Crippen LogP contribution in [0.4, 0.5) is 0 Å². The van der Waals surface area contributed by atoms with E-state index in [1.54, 1.807) is 24.3 Å². The van der Waals surface area contributed by atoms with Crippen molar-refractivity contribution in [1.82, 2.24) is 14.8 Å². The lowest BCUT2D eigenvalue weighted by Gasteiger charge is -2.21. The van der Waals surface area contributed by atoms with Gasteiger partial charge in [-0.25, -0.2) is 14.5 Å². The van der Waals surface area contributed by atoms with Crippen LogP contribution in [0.3, 0.4) is 0 Å². The molecule has 1 aliphatic rings. The number of carbonyl (C=O) groups excluding carboxylic acids is 1. The molecule has 2 aromatic rings. The van der Waals surface area contributed by atoms with Gasteiger partial charge in [0, 0.05) is 5.92 Å². The highest BCUT2D eigenvalue weighted by Crippen LogP contribution is 2.35. The fraction of sp³-hybridized carbons (Fsp3) is 0.375. The fourth-order valence-corrected chi connectivity index (χ4v) is 2.54. The minimum absolute atomic E-state index is 0.0117. The molecule has 2 heterocycles. The number of benzene rings is 1. The Hall–Kier alpha value is -2.72. The minimum Gasteiger partial charge on any atom is -0.453 e. The number of carbonyl (C=O) groups is 1. The van der Waals surface area contributed by atoms with Crippen LogP contribution in [-0.2, 0) is 9.47 Å². The number of hydrogen-bond acceptors (Lipinski definition) is 6. The van der Waals surface area contributed by atoms with Gasteiger partial charge in [-0.3, -0.25) is 0 Å². The van der Waals surface area contributed by atoms with Gasteiger partial charge in [-0.1, -0.05) is 25.1 Å². The quantitative estimate of drug-likeness (QED) is 0.804. The van der Waals surface area contributed by atoms with Crippen LogP contribution in [0.1, 0.15) is 36.3 Å². The summed E-state index contributed by atoms with van der Waals surface area (Å²) >= 11 is 0. The third kappa shape index (κ3) is 2.94. The van der Waals surface area contributed by atoms with Crippen molar-refractivity contribution in [3.05, 3.63) is 48.0 Å². The second-order valence-corrected chi connectivity index (χ2v) is 5.49. The summed E-state index contributed by atoms with van der Waals surface area (Å²) < 4.78 is 12.9. The van der Waals surface area contributed by atoms with Crippen molar-refractivity contribution in [3.8, 4) is 6.07 Å². The summed E-state index contributed by atoms with van der Waals surface area (Å²) in [5.74, 6) is -0.373. The molecule has 0 aliphatic carbocycles. The second kappa shape index (κ2) is 6.18. The van der Waals surface area contributed by atoms with E-state index in [0.29, 0.717) is 5.56 Å². The summed E-state index contributed by atoms with van der Waals surface area (Å²) in [4.78, 5) is 16.2. The van der Waals surface area contributed by atoms with E-state index in [9.17, 15) is 4.79 Å². The first-order chi connectivity index (χ1) is 11.1. The molecule has 0 radical (unpaired) electrons. The minimum atomic E-state index is -0.595. The van der Waals surface area contributed by atoms with E-state index < -0.39 is 18.3 Å². The van der Waals surface area contributed by atoms with E-state index in [0.717, 1.165) is 0 Å². The Morgan fingerprint density at radius 1 is 1.35 bits per heavy atom. The number of nitriles is 1. The highest BCUT2D eigenvalue weighted by atomic mass is 16.6. The Bertz CT molecular complexity index is 737. The monoisotopic (exact) mass is 312 g/mol. The Morgan fingerprint density at radius 2 is 2.09 bits per heavy atom.